The van der Waals surface area contributed by atoms with Gasteiger partial charge in [-0.2, -0.15) is 0 Å². The summed E-state index contributed by atoms with van der Waals surface area (Å²) >= 11 is 0. The summed E-state index contributed by atoms with van der Waals surface area (Å²) in [5, 5.41) is 13.2. The molecule has 1 unspecified atom stereocenters. The largest absolute Gasteiger partial charge is 0.384 e. The number of benzene rings is 2. The molecule has 0 amide bonds. The zero-order valence-electron chi connectivity index (χ0n) is 10.5. The fourth-order valence-electron chi connectivity index (χ4n) is 1.98. The van der Waals surface area contributed by atoms with Gasteiger partial charge in [-0.25, -0.2) is 8.78 Å². The van der Waals surface area contributed by atoms with Gasteiger partial charge in [-0.1, -0.05) is 24.3 Å². The van der Waals surface area contributed by atoms with E-state index in [4.69, 9.17) is 0 Å². The van der Waals surface area contributed by atoms with Crippen LogP contribution in [0, 0.1) is 11.6 Å². The number of hydrogen-bond acceptors (Lipinski definition) is 2. The summed E-state index contributed by atoms with van der Waals surface area (Å²) in [6.45, 7) is 0.645. The average molecular weight is 263 g/mol. The minimum absolute atomic E-state index is 0.0541. The van der Waals surface area contributed by atoms with Crippen LogP contribution in [0.2, 0.25) is 0 Å². The molecule has 0 aliphatic heterocycles. The molecule has 0 radical (unpaired) electrons. The third kappa shape index (κ3) is 3.16. The molecular formula is C15H15F2NO. The van der Waals surface area contributed by atoms with Gasteiger partial charge < -0.3 is 10.4 Å². The molecule has 100 valence electrons. The molecule has 19 heavy (non-hydrogen) atoms. The van der Waals surface area contributed by atoms with Gasteiger partial charge in [-0.3, -0.25) is 0 Å². The van der Waals surface area contributed by atoms with Gasteiger partial charge in [-0.05, 0) is 36.4 Å². The lowest BCUT2D eigenvalue weighted by Crippen LogP contribution is -2.07. The van der Waals surface area contributed by atoms with Gasteiger partial charge in [0.25, 0.3) is 0 Å². The van der Waals surface area contributed by atoms with Crippen LogP contribution in [0.3, 0.4) is 0 Å². The minimum Gasteiger partial charge on any atom is -0.384 e. The van der Waals surface area contributed by atoms with E-state index < -0.39 is 17.7 Å². The molecule has 0 fully saturated rings. The van der Waals surface area contributed by atoms with Crippen molar-refractivity contribution in [3.8, 4) is 0 Å². The van der Waals surface area contributed by atoms with E-state index in [0.717, 1.165) is 23.8 Å². The van der Waals surface area contributed by atoms with E-state index in [9.17, 15) is 13.9 Å². The maximum absolute atomic E-state index is 13.6. The Bertz CT molecular complexity index is 572. The van der Waals surface area contributed by atoms with Crippen molar-refractivity contribution in [1.82, 2.24) is 5.32 Å². The lowest BCUT2D eigenvalue weighted by Gasteiger charge is -2.13. The number of aliphatic hydroxyl groups is 1. The van der Waals surface area contributed by atoms with Crippen LogP contribution >= 0.6 is 0 Å². The Kier molecular flexibility index (Phi) is 4.24. The number of aliphatic hydroxyl groups excluding tert-OH is 1. The molecule has 2 nitrogen and oxygen atoms in total. The molecule has 2 aromatic carbocycles. The van der Waals surface area contributed by atoms with Crippen LogP contribution in [0.25, 0.3) is 0 Å². The van der Waals surface area contributed by atoms with Gasteiger partial charge in [0.15, 0.2) is 0 Å². The number of hydrogen-bond donors (Lipinski definition) is 2. The van der Waals surface area contributed by atoms with Gasteiger partial charge in [0.1, 0.15) is 17.7 Å². The van der Waals surface area contributed by atoms with Crippen LogP contribution in [0.1, 0.15) is 22.8 Å². The predicted octanol–water partition coefficient (Wildman–Crippen LogP) is 2.77. The number of halogens is 2. The monoisotopic (exact) mass is 263 g/mol. The van der Waals surface area contributed by atoms with Crippen molar-refractivity contribution in [2.24, 2.45) is 0 Å². The zero-order valence-corrected chi connectivity index (χ0v) is 10.5. The van der Waals surface area contributed by atoms with Gasteiger partial charge >= 0.3 is 0 Å². The Labute approximate surface area is 110 Å². The molecule has 1 atom stereocenters. The van der Waals surface area contributed by atoms with Crippen molar-refractivity contribution < 1.29 is 13.9 Å². The minimum atomic E-state index is -1.17. The molecule has 4 heteroatoms. The van der Waals surface area contributed by atoms with E-state index in [1.54, 1.807) is 18.2 Å². The second-order valence-electron chi connectivity index (χ2n) is 4.34. The van der Waals surface area contributed by atoms with E-state index in [1.807, 2.05) is 13.1 Å². The first kappa shape index (κ1) is 13.6. The average Bonchev–Trinajstić information content (AvgIpc) is 2.41. The summed E-state index contributed by atoms with van der Waals surface area (Å²) in [4.78, 5) is 0. The molecule has 0 saturated heterocycles. The van der Waals surface area contributed by atoms with E-state index in [-0.39, 0.29) is 5.56 Å². The van der Waals surface area contributed by atoms with Crippen LogP contribution in [0.15, 0.2) is 42.5 Å². The van der Waals surface area contributed by atoms with Crippen molar-refractivity contribution >= 4 is 0 Å². The summed E-state index contributed by atoms with van der Waals surface area (Å²) in [6.07, 6.45) is -1.17. The Balaban J connectivity index is 2.35. The Hall–Kier alpha value is -1.78. The highest BCUT2D eigenvalue weighted by molar-refractivity contribution is 5.33. The highest BCUT2D eigenvalue weighted by Crippen LogP contribution is 2.25. The Morgan fingerprint density at radius 2 is 1.95 bits per heavy atom. The topological polar surface area (TPSA) is 32.3 Å². The third-order valence-corrected chi connectivity index (χ3v) is 2.90. The normalized spacial score (nSPS) is 12.4. The first-order chi connectivity index (χ1) is 9.11. The molecule has 0 aliphatic rings. The maximum Gasteiger partial charge on any atom is 0.129 e. The van der Waals surface area contributed by atoms with Crippen LogP contribution in [0.5, 0.6) is 0 Å². The second-order valence-corrected chi connectivity index (χ2v) is 4.34. The lowest BCUT2D eigenvalue weighted by atomic mass is 9.99. The van der Waals surface area contributed by atoms with E-state index in [2.05, 4.69) is 5.32 Å². The lowest BCUT2D eigenvalue weighted by molar-refractivity contribution is 0.214. The number of nitrogens with one attached hydrogen (secondary N) is 1. The summed E-state index contributed by atoms with van der Waals surface area (Å²) < 4.78 is 26.8. The van der Waals surface area contributed by atoms with Crippen LogP contribution in [-0.4, -0.2) is 12.2 Å². The van der Waals surface area contributed by atoms with Gasteiger partial charge in [0.05, 0.1) is 0 Å². The SMILES string of the molecule is CNCc1cccc(C(O)c2cc(F)ccc2F)c1. The van der Waals surface area contributed by atoms with Crippen LogP contribution in [-0.2, 0) is 6.54 Å². The van der Waals surface area contributed by atoms with Gasteiger partial charge in [0, 0.05) is 12.1 Å². The smallest absolute Gasteiger partial charge is 0.129 e. The van der Waals surface area contributed by atoms with Gasteiger partial charge in [-0.15, -0.1) is 0 Å². The molecule has 2 rings (SSSR count). The van der Waals surface area contributed by atoms with Crippen LogP contribution in [0.4, 0.5) is 8.78 Å². The van der Waals surface area contributed by atoms with Crippen molar-refractivity contribution in [2.45, 2.75) is 12.6 Å². The molecular weight excluding hydrogens is 248 g/mol. The van der Waals surface area contributed by atoms with Crippen LogP contribution < -0.4 is 5.32 Å². The summed E-state index contributed by atoms with van der Waals surface area (Å²) in [5.41, 5.74) is 1.45. The third-order valence-electron chi connectivity index (χ3n) is 2.90. The quantitative estimate of drug-likeness (QED) is 0.889. The van der Waals surface area contributed by atoms with Crippen molar-refractivity contribution in [2.75, 3.05) is 7.05 Å². The van der Waals surface area contributed by atoms with E-state index in [1.165, 1.54) is 0 Å². The molecule has 2 aromatic rings. The molecule has 0 spiro atoms. The summed E-state index contributed by atoms with van der Waals surface area (Å²) in [5.74, 6) is -1.19. The second kappa shape index (κ2) is 5.91. The summed E-state index contributed by atoms with van der Waals surface area (Å²) in [6, 6.07) is 10.2. The highest BCUT2D eigenvalue weighted by Gasteiger charge is 2.16. The first-order valence-electron chi connectivity index (χ1n) is 5.98. The van der Waals surface area contributed by atoms with E-state index >= 15 is 0 Å². The fourth-order valence-corrected chi connectivity index (χ4v) is 1.98. The molecule has 0 aromatic heterocycles. The zero-order chi connectivity index (χ0) is 13.8. The standard InChI is InChI=1S/C15H15F2NO/c1-18-9-10-3-2-4-11(7-10)15(19)13-8-12(16)5-6-14(13)17/h2-8,15,18-19H,9H2,1H3. The van der Waals surface area contributed by atoms with Crippen molar-refractivity contribution in [3.05, 3.63) is 70.8 Å². The molecule has 2 N–H and O–H groups in total. The Morgan fingerprint density at radius 1 is 1.16 bits per heavy atom. The molecule has 0 heterocycles. The van der Waals surface area contributed by atoms with Gasteiger partial charge in [0.2, 0.25) is 0 Å². The molecule has 0 bridgehead atoms. The summed E-state index contributed by atoms with van der Waals surface area (Å²) in [7, 11) is 1.81. The maximum atomic E-state index is 13.6. The molecule has 0 aliphatic carbocycles. The van der Waals surface area contributed by atoms with Crippen molar-refractivity contribution in [1.29, 1.82) is 0 Å². The predicted molar refractivity (Wildman–Crippen MR) is 69.6 cm³/mol. The van der Waals surface area contributed by atoms with Crippen molar-refractivity contribution in [3.63, 3.8) is 0 Å². The highest BCUT2D eigenvalue weighted by atomic mass is 19.1. The Morgan fingerprint density at radius 3 is 2.68 bits per heavy atom. The fraction of sp³-hybridized carbons (Fsp3) is 0.200. The first-order valence-corrected chi connectivity index (χ1v) is 5.98. The van der Waals surface area contributed by atoms with E-state index in [0.29, 0.717) is 12.1 Å². The molecule has 0 saturated carbocycles. The number of rotatable bonds is 4.